The van der Waals surface area contributed by atoms with E-state index >= 15 is 0 Å². The molecule has 0 radical (unpaired) electrons. The molecule has 16 heavy (non-hydrogen) atoms. The van der Waals surface area contributed by atoms with Crippen LogP contribution in [0.25, 0.3) is 0 Å². The van der Waals surface area contributed by atoms with Gasteiger partial charge in [-0.25, -0.2) is 4.39 Å². The molecule has 0 saturated carbocycles. The minimum atomic E-state index is -0.103. The summed E-state index contributed by atoms with van der Waals surface area (Å²) in [6.45, 7) is 6.43. The molecule has 0 aromatic heterocycles. The summed E-state index contributed by atoms with van der Waals surface area (Å²) in [5.41, 5.74) is 2.44. The van der Waals surface area contributed by atoms with Crippen molar-refractivity contribution in [1.82, 2.24) is 5.32 Å². The zero-order valence-electron chi connectivity index (χ0n) is 10.1. The van der Waals surface area contributed by atoms with Gasteiger partial charge in [-0.2, -0.15) is 0 Å². The van der Waals surface area contributed by atoms with E-state index in [2.05, 4.69) is 19.2 Å². The lowest BCUT2D eigenvalue weighted by atomic mass is 9.78. The van der Waals surface area contributed by atoms with Crippen LogP contribution >= 0.6 is 0 Å². The van der Waals surface area contributed by atoms with Gasteiger partial charge in [0.1, 0.15) is 5.82 Å². The molecule has 1 nitrogen and oxygen atoms in total. The van der Waals surface area contributed by atoms with E-state index in [0.29, 0.717) is 11.8 Å². The molecule has 1 aliphatic heterocycles. The number of aryl methyl sites for hydroxylation is 1. The van der Waals surface area contributed by atoms with Gasteiger partial charge in [0, 0.05) is 0 Å². The van der Waals surface area contributed by atoms with Gasteiger partial charge >= 0.3 is 0 Å². The van der Waals surface area contributed by atoms with Crippen LogP contribution in [0.3, 0.4) is 0 Å². The van der Waals surface area contributed by atoms with Crippen LogP contribution in [-0.2, 0) is 0 Å². The maximum absolute atomic E-state index is 13.3. The molecule has 1 saturated heterocycles. The average Bonchev–Trinajstić information content (AvgIpc) is 2.32. The highest BCUT2D eigenvalue weighted by Crippen LogP contribution is 2.34. The Labute approximate surface area is 97.1 Å². The Morgan fingerprint density at radius 1 is 1.44 bits per heavy atom. The third-order valence-corrected chi connectivity index (χ3v) is 3.77. The van der Waals surface area contributed by atoms with E-state index in [-0.39, 0.29) is 5.82 Å². The first kappa shape index (κ1) is 11.6. The molecule has 0 bridgehead atoms. The molecule has 1 aliphatic rings. The van der Waals surface area contributed by atoms with Gasteiger partial charge in [0.2, 0.25) is 0 Å². The normalized spacial score (nSPS) is 25.7. The molecule has 1 aromatic rings. The van der Waals surface area contributed by atoms with Gasteiger partial charge in [0.25, 0.3) is 0 Å². The van der Waals surface area contributed by atoms with E-state index in [1.807, 2.05) is 6.07 Å². The first-order valence-electron chi connectivity index (χ1n) is 6.19. The van der Waals surface area contributed by atoms with Crippen LogP contribution in [0.5, 0.6) is 0 Å². The smallest absolute Gasteiger partial charge is 0.123 e. The lowest BCUT2D eigenvalue weighted by molar-refractivity contribution is 0.316. The predicted molar refractivity (Wildman–Crippen MR) is 65.1 cm³/mol. The van der Waals surface area contributed by atoms with Crippen LogP contribution in [0.4, 0.5) is 4.39 Å². The number of nitrogens with one attached hydrogen (secondary N) is 1. The van der Waals surface area contributed by atoms with E-state index < -0.39 is 0 Å². The molecule has 1 fully saturated rings. The summed E-state index contributed by atoms with van der Waals surface area (Å²) < 4.78 is 13.3. The van der Waals surface area contributed by atoms with Gasteiger partial charge in [0.15, 0.2) is 0 Å². The second-order valence-corrected chi connectivity index (χ2v) is 4.77. The van der Waals surface area contributed by atoms with Crippen molar-refractivity contribution >= 4 is 0 Å². The molecule has 2 atom stereocenters. The third-order valence-electron chi connectivity index (χ3n) is 3.77. The van der Waals surface area contributed by atoms with Gasteiger partial charge < -0.3 is 5.32 Å². The van der Waals surface area contributed by atoms with Crippen LogP contribution in [-0.4, -0.2) is 13.1 Å². The maximum Gasteiger partial charge on any atom is 0.123 e. The average molecular weight is 221 g/mol. The van der Waals surface area contributed by atoms with Crippen molar-refractivity contribution in [3.63, 3.8) is 0 Å². The highest BCUT2D eigenvalue weighted by molar-refractivity contribution is 5.31. The minimum Gasteiger partial charge on any atom is -0.316 e. The molecular formula is C14H20FN. The topological polar surface area (TPSA) is 12.0 Å². The zero-order chi connectivity index (χ0) is 11.5. The highest BCUT2D eigenvalue weighted by atomic mass is 19.1. The monoisotopic (exact) mass is 221 g/mol. The Morgan fingerprint density at radius 3 is 3.00 bits per heavy atom. The van der Waals surface area contributed by atoms with Crippen LogP contribution in [0, 0.1) is 18.7 Å². The second-order valence-electron chi connectivity index (χ2n) is 4.77. The molecule has 2 heteroatoms. The molecule has 2 rings (SSSR count). The lowest BCUT2D eigenvalue weighted by Crippen LogP contribution is -2.35. The maximum atomic E-state index is 13.3. The fourth-order valence-corrected chi connectivity index (χ4v) is 2.77. The van der Waals surface area contributed by atoms with Crippen LogP contribution in [0.1, 0.15) is 36.8 Å². The van der Waals surface area contributed by atoms with Gasteiger partial charge in [-0.1, -0.05) is 19.4 Å². The first-order valence-corrected chi connectivity index (χ1v) is 6.19. The van der Waals surface area contributed by atoms with Gasteiger partial charge in [0.05, 0.1) is 0 Å². The van der Waals surface area contributed by atoms with Gasteiger partial charge in [-0.15, -0.1) is 0 Å². The first-order chi connectivity index (χ1) is 7.72. The van der Waals surface area contributed by atoms with Gasteiger partial charge in [-0.3, -0.25) is 0 Å². The van der Waals surface area contributed by atoms with Crippen LogP contribution in [0.15, 0.2) is 18.2 Å². The number of rotatable bonds is 2. The van der Waals surface area contributed by atoms with Crippen molar-refractivity contribution in [2.45, 2.75) is 32.6 Å². The van der Waals surface area contributed by atoms with E-state index in [9.17, 15) is 4.39 Å². The highest BCUT2D eigenvalue weighted by Gasteiger charge is 2.26. The number of piperidine rings is 1. The Morgan fingerprint density at radius 2 is 2.25 bits per heavy atom. The van der Waals surface area contributed by atoms with E-state index in [1.165, 1.54) is 11.1 Å². The zero-order valence-corrected chi connectivity index (χ0v) is 10.1. The number of hydrogen-bond donors (Lipinski definition) is 1. The Bertz CT molecular complexity index is 362. The summed E-state index contributed by atoms with van der Waals surface area (Å²) in [4.78, 5) is 0. The Balaban J connectivity index is 2.30. The minimum absolute atomic E-state index is 0.103. The molecular weight excluding hydrogens is 201 g/mol. The van der Waals surface area contributed by atoms with Crippen molar-refractivity contribution in [3.8, 4) is 0 Å². The standard InChI is InChI=1S/C14H20FN/c1-3-11-9-16-7-6-13(11)14-8-12(15)5-4-10(14)2/h4-5,8,11,13,16H,3,6-7,9H2,1-2H3. The molecule has 1 aromatic carbocycles. The van der Waals surface area contributed by atoms with Crippen molar-refractivity contribution in [2.75, 3.05) is 13.1 Å². The fraction of sp³-hybridized carbons (Fsp3) is 0.571. The third kappa shape index (κ3) is 2.27. The Hall–Kier alpha value is -0.890. The summed E-state index contributed by atoms with van der Waals surface area (Å²) in [5, 5.41) is 3.43. The molecule has 88 valence electrons. The summed E-state index contributed by atoms with van der Waals surface area (Å²) in [6.07, 6.45) is 2.29. The lowest BCUT2D eigenvalue weighted by Gasteiger charge is -2.32. The van der Waals surface area contributed by atoms with Crippen molar-refractivity contribution in [3.05, 3.63) is 35.1 Å². The number of halogens is 1. The quantitative estimate of drug-likeness (QED) is 0.808. The molecule has 0 aliphatic carbocycles. The molecule has 1 N–H and O–H groups in total. The van der Waals surface area contributed by atoms with E-state index in [0.717, 1.165) is 25.9 Å². The molecule has 1 heterocycles. The van der Waals surface area contributed by atoms with Crippen molar-refractivity contribution in [2.24, 2.45) is 5.92 Å². The second kappa shape index (κ2) is 4.96. The summed E-state index contributed by atoms with van der Waals surface area (Å²) in [7, 11) is 0. The molecule has 2 unspecified atom stereocenters. The van der Waals surface area contributed by atoms with E-state index in [1.54, 1.807) is 12.1 Å². The largest absolute Gasteiger partial charge is 0.316 e. The molecule has 0 spiro atoms. The SMILES string of the molecule is CCC1CNCCC1c1cc(F)ccc1C. The summed E-state index contributed by atoms with van der Waals surface area (Å²) in [5.74, 6) is 1.07. The fourth-order valence-electron chi connectivity index (χ4n) is 2.77. The van der Waals surface area contributed by atoms with Crippen molar-refractivity contribution < 1.29 is 4.39 Å². The number of benzene rings is 1. The van der Waals surface area contributed by atoms with Crippen LogP contribution < -0.4 is 5.32 Å². The summed E-state index contributed by atoms with van der Waals surface area (Å²) in [6, 6.07) is 5.19. The van der Waals surface area contributed by atoms with Crippen molar-refractivity contribution in [1.29, 1.82) is 0 Å². The summed E-state index contributed by atoms with van der Waals surface area (Å²) >= 11 is 0. The number of hydrogen-bond acceptors (Lipinski definition) is 1. The van der Waals surface area contributed by atoms with E-state index in [4.69, 9.17) is 0 Å². The van der Waals surface area contributed by atoms with Gasteiger partial charge in [-0.05, 0) is 61.5 Å². The predicted octanol–water partition coefficient (Wildman–Crippen LogP) is 3.24. The van der Waals surface area contributed by atoms with Crippen LogP contribution in [0.2, 0.25) is 0 Å². The Kier molecular flexibility index (Phi) is 3.59. The molecule has 0 amide bonds.